The van der Waals surface area contributed by atoms with Crippen molar-refractivity contribution >= 4 is 23.7 Å². The number of carbonyl (C=O) groups excluding carboxylic acids is 1. The van der Waals surface area contributed by atoms with E-state index in [1.165, 1.54) is 0 Å². The molecule has 1 aromatic carbocycles. The zero-order chi connectivity index (χ0) is 18.3. The molecule has 0 bridgehead atoms. The molecule has 0 radical (unpaired) electrons. The molecule has 1 saturated heterocycles. The number of amides is 1. The Bertz CT molecular complexity index is 643. The second-order valence-corrected chi connectivity index (χ2v) is 9.69. The molecule has 1 aliphatic heterocycles. The Kier molecular flexibility index (Phi) is 5.10. The summed E-state index contributed by atoms with van der Waals surface area (Å²) >= 11 is 1.61. The lowest BCUT2D eigenvalue weighted by Gasteiger charge is -2.28. The van der Waals surface area contributed by atoms with E-state index in [0.29, 0.717) is 5.75 Å². The Balaban J connectivity index is 2.61. The molecule has 0 saturated carbocycles. The van der Waals surface area contributed by atoms with Gasteiger partial charge in [-0.25, -0.2) is 0 Å². The summed E-state index contributed by atoms with van der Waals surface area (Å²) in [5.41, 5.74) is 2.48. The van der Waals surface area contributed by atoms with E-state index in [-0.39, 0.29) is 16.7 Å². The van der Waals surface area contributed by atoms with E-state index in [2.05, 4.69) is 41.5 Å². The van der Waals surface area contributed by atoms with Gasteiger partial charge in [0, 0.05) is 30.5 Å². The third kappa shape index (κ3) is 3.97. The maximum absolute atomic E-state index is 12.3. The highest BCUT2D eigenvalue weighted by Crippen LogP contribution is 2.40. The van der Waals surface area contributed by atoms with Crippen LogP contribution in [0.2, 0.25) is 0 Å². The third-order valence-electron chi connectivity index (χ3n) is 4.29. The van der Waals surface area contributed by atoms with E-state index in [4.69, 9.17) is 0 Å². The molecule has 1 heterocycles. The van der Waals surface area contributed by atoms with Crippen LogP contribution in [0.15, 0.2) is 17.0 Å². The predicted octanol–water partition coefficient (Wildman–Crippen LogP) is 4.53. The van der Waals surface area contributed by atoms with Crippen molar-refractivity contribution in [1.82, 2.24) is 4.90 Å². The van der Waals surface area contributed by atoms with Crippen LogP contribution in [0.5, 0.6) is 5.75 Å². The fraction of sp³-hybridized carbons (Fsp3) is 0.550. The van der Waals surface area contributed by atoms with Gasteiger partial charge in [0.15, 0.2) is 0 Å². The summed E-state index contributed by atoms with van der Waals surface area (Å²) in [5, 5.41) is 10.8. The summed E-state index contributed by atoms with van der Waals surface area (Å²) in [6.45, 7) is 13.4. The summed E-state index contributed by atoms with van der Waals surface area (Å²) in [5.74, 6) is 1.37. The zero-order valence-corrected chi connectivity index (χ0v) is 16.7. The van der Waals surface area contributed by atoms with Crippen molar-refractivity contribution < 1.29 is 9.90 Å². The number of hydrogen-bond acceptors (Lipinski definition) is 3. The molecule has 0 aliphatic carbocycles. The minimum atomic E-state index is -0.168. The number of phenolic OH excluding ortho intramolecular Hbond substituents is 1. The lowest BCUT2D eigenvalue weighted by molar-refractivity contribution is -0.125. The first kappa shape index (κ1) is 18.9. The number of phenols is 1. The zero-order valence-electron chi connectivity index (χ0n) is 15.9. The molecule has 1 fully saturated rings. The average Bonchev–Trinajstić information content (AvgIpc) is 2.43. The van der Waals surface area contributed by atoms with Crippen LogP contribution in [0, 0.1) is 0 Å². The molecule has 2 rings (SSSR count). The molecular formula is C20H29NO2S. The molecule has 1 aromatic rings. The quantitative estimate of drug-likeness (QED) is 0.759. The lowest BCUT2D eigenvalue weighted by atomic mass is 9.78. The number of hydrogen-bond donors (Lipinski definition) is 1. The van der Waals surface area contributed by atoms with Gasteiger partial charge in [-0.05, 0) is 34.6 Å². The van der Waals surface area contributed by atoms with Gasteiger partial charge in [0.2, 0.25) is 0 Å². The molecule has 1 aliphatic rings. The molecule has 24 heavy (non-hydrogen) atoms. The van der Waals surface area contributed by atoms with Gasteiger partial charge in [-0.2, -0.15) is 0 Å². The van der Waals surface area contributed by atoms with Gasteiger partial charge in [0.05, 0.1) is 4.91 Å². The van der Waals surface area contributed by atoms with Crippen LogP contribution in [-0.4, -0.2) is 35.3 Å². The van der Waals surface area contributed by atoms with Gasteiger partial charge in [0.1, 0.15) is 5.75 Å². The molecular weight excluding hydrogens is 318 g/mol. The van der Waals surface area contributed by atoms with E-state index >= 15 is 0 Å². The minimum Gasteiger partial charge on any atom is -0.507 e. The van der Waals surface area contributed by atoms with Crippen LogP contribution in [0.1, 0.15) is 58.2 Å². The van der Waals surface area contributed by atoms with Crippen molar-refractivity contribution in [1.29, 1.82) is 0 Å². The van der Waals surface area contributed by atoms with Gasteiger partial charge >= 0.3 is 0 Å². The van der Waals surface area contributed by atoms with E-state index in [1.54, 1.807) is 16.7 Å². The van der Waals surface area contributed by atoms with Crippen molar-refractivity contribution in [2.45, 2.75) is 52.4 Å². The molecule has 0 unspecified atom stereocenters. The van der Waals surface area contributed by atoms with Crippen LogP contribution in [0.4, 0.5) is 0 Å². The topological polar surface area (TPSA) is 40.5 Å². The van der Waals surface area contributed by atoms with Crippen LogP contribution in [0.25, 0.3) is 6.08 Å². The fourth-order valence-corrected chi connectivity index (χ4v) is 3.87. The van der Waals surface area contributed by atoms with Crippen molar-refractivity contribution in [2.75, 3.05) is 19.3 Å². The van der Waals surface area contributed by atoms with Crippen LogP contribution >= 0.6 is 11.8 Å². The Hall–Kier alpha value is -1.42. The molecule has 1 amide bonds. The first-order valence-corrected chi connectivity index (χ1v) is 9.38. The van der Waals surface area contributed by atoms with Gasteiger partial charge in [-0.3, -0.25) is 4.79 Å². The Morgan fingerprint density at radius 2 is 1.58 bits per heavy atom. The molecule has 0 aromatic heterocycles. The van der Waals surface area contributed by atoms with Gasteiger partial charge < -0.3 is 10.0 Å². The SMILES string of the molecule is CN1CCSC(=Cc2cc(C(C)(C)C)c(O)c(C(C)(C)C)c2)C1=O. The smallest absolute Gasteiger partial charge is 0.260 e. The maximum Gasteiger partial charge on any atom is 0.260 e. The summed E-state index contributed by atoms with van der Waals surface area (Å²) < 4.78 is 0. The number of aromatic hydroxyl groups is 1. The van der Waals surface area contributed by atoms with Crippen molar-refractivity contribution in [3.05, 3.63) is 33.7 Å². The molecule has 3 nitrogen and oxygen atoms in total. The molecule has 4 heteroatoms. The van der Waals surface area contributed by atoms with Crippen molar-refractivity contribution in [3.63, 3.8) is 0 Å². The maximum atomic E-state index is 12.3. The third-order valence-corrected chi connectivity index (χ3v) is 5.28. The highest BCUT2D eigenvalue weighted by Gasteiger charge is 2.27. The Labute approximate surface area is 150 Å². The molecule has 0 spiro atoms. The van der Waals surface area contributed by atoms with E-state index in [1.807, 2.05) is 25.3 Å². The number of rotatable bonds is 1. The molecule has 132 valence electrons. The number of benzene rings is 1. The van der Waals surface area contributed by atoms with Gasteiger partial charge in [-0.15, -0.1) is 11.8 Å². The molecule has 1 N–H and O–H groups in total. The van der Waals surface area contributed by atoms with E-state index in [0.717, 1.165) is 33.9 Å². The van der Waals surface area contributed by atoms with E-state index in [9.17, 15) is 9.90 Å². The summed E-state index contributed by atoms with van der Waals surface area (Å²) in [4.78, 5) is 14.9. The second kappa shape index (κ2) is 6.47. The molecule has 0 atom stereocenters. The number of likely N-dealkylation sites (N-methyl/N-ethyl adjacent to an activating group) is 1. The van der Waals surface area contributed by atoms with Crippen molar-refractivity contribution in [3.8, 4) is 5.75 Å². The minimum absolute atomic E-state index is 0.0777. The Morgan fingerprint density at radius 1 is 1.08 bits per heavy atom. The standard InChI is InChI=1S/C20H29NO2S/c1-19(2,3)14-10-13(11-15(17(14)22)20(4,5)6)12-16-18(23)21(7)8-9-24-16/h10-12,22H,8-9H2,1-7H3. The lowest BCUT2D eigenvalue weighted by Crippen LogP contribution is -2.33. The van der Waals surface area contributed by atoms with Crippen LogP contribution in [-0.2, 0) is 15.6 Å². The highest BCUT2D eigenvalue weighted by molar-refractivity contribution is 8.04. The monoisotopic (exact) mass is 347 g/mol. The van der Waals surface area contributed by atoms with Gasteiger partial charge in [-0.1, -0.05) is 41.5 Å². The fourth-order valence-electron chi connectivity index (χ4n) is 2.78. The summed E-state index contributed by atoms with van der Waals surface area (Å²) in [7, 11) is 1.84. The van der Waals surface area contributed by atoms with Crippen LogP contribution < -0.4 is 0 Å². The van der Waals surface area contributed by atoms with Crippen LogP contribution in [0.3, 0.4) is 0 Å². The summed E-state index contributed by atoms with van der Waals surface area (Å²) in [6.07, 6.45) is 1.96. The largest absolute Gasteiger partial charge is 0.507 e. The number of nitrogens with zero attached hydrogens (tertiary/aromatic N) is 1. The second-order valence-electron chi connectivity index (χ2n) is 8.55. The first-order chi connectivity index (χ1) is 10.9. The average molecular weight is 348 g/mol. The first-order valence-electron chi connectivity index (χ1n) is 8.39. The summed E-state index contributed by atoms with van der Waals surface area (Å²) in [6, 6.07) is 4.03. The van der Waals surface area contributed by atoms with Crippen molar-refractivity contribution in [2.24, 2.45) is 0 Å². The van der Waals surface area contributed by atoms with Gasteiger partial charge in [0.25, 0.3) is 5.91 Å². The predicted molar refractivity (Wildman–Crippen MR) is 104 cm³/mol. The van der Waals surface area contributed by atoms with E-state index < -0.39 is 0 Å². The number of thioether (sulfide) groups is 1. The Morgan fingerprint density at radius 3 is 2.04 bits per heavy atom. The highest BCUT2D eigenvalue weighted by atomic mass is 32.2. The normalized spacial score (nSPS) is 18.4. The number of carbonyl (C=O) groups is 1.